The molecule has 1 aromatic rings. The van der Waals surface area contributed by atoms with E-state index in [-0.39, 0.29) is 5.75 Å². The van der Waals surface area contributed by atoms with Gasteiger partial charge in [0.2, 0.25) is 0 Å². The minimum Gasteiger partial charge on any atom is -0.508 e. The summed E-state index contributed by atoms with van der Waals surface area (Å²) >= 11 is 0. The van der Waals surface area contributed by atoms with E-state index in [1.807, 2.05) is 6.92 Å². The minimum absolute atomic E-state index is 0.0865. The summed E-state index contributed by atoms with van der Waals surface area (Å²) in [7, 11) is 1.55. The van der Waals surface area contributed by atoms with E-state index in [1.165, 1.54) is 6.07 Å². The van der Waals surface area contributed by atoms with Crippen LogP contribution >= 0.6 is 0 Å². The first-order valence-corrected chi connectivity index (χ1v) is 5.40. The van der Waals surface area contributed by atoms with Crippen molar-refractivity contribution in [1.29, 1.82) is 0 Å². The van der Waals surface area contributed by atoms with Crippen molar-refractivity contribution in [2.24, 2.45) is 5.73 Å². The van der Waals surface area contributed by atoms with Gasteiger partial charge in [0.25, 0.3) is 0 Å². The lowest BCUT2D eigenvalue weighted by Gasteiger charge is -2.20. The van der Waals surface area contributed by atoms with Crippen molar-refractivity contribution in [3.8, 4) is 11.5 Å². The predicted octanol–water partition coefficient (Wildman–Crippen LogP) is 1.56. The smallest absolute Gasteiger partial charge is 0.120 e. The molecular weight excluding hydrogens is 206 g/mol. The van der Waals surface area contributed by atoms with Gasteiger partial charge in [-0.05, 0) is 24.6 Å². The summed E-state index contributed by atoms with van der Waals surface area (Å²) < 4.78 is 5.05. The standard InChI is InChI=1S/C12H19NO3/c1-3-4-11(15)12(13)9-7-8(16-2)5-6-10(9)14/h5-7,11-12,14-15H,3-4,13H2,1-2H3/t11-,12+/m0/s1. The average Bonchev–Trinajstić information content (AvgIpc) is 2.29. The number of nitrogens with two attached hydrogens (primary N) is 1. The van der Waals surface area contributed by atoms with Crippen LogP contribution in [0.2, 0.25) is 0 Å². The third-order valence-electron chi connectivity index (χ3n) is 2.59. The molecule has 4 heteroatoms. The third kappa shape index (κ3) is 2.87. The van der Waals surface area contributed by atoms with Crippen LogP contribution in [0, 0.1) is 0 Å². The first-order chi connectivity index (χ1) is 7.60. The second kappa shape index (κ2) is 5.72. The SMILES string of the molecule is CCC[C@H](O)[C@H](N)c1cc(OC)ccc1O. The number of methoxy groups -OCH3 is 1. The lowest BCUT2D eigenvalue weighted by Crippen LogP contribution is -2.26. The summed E-state index contributed by atoms with van der Waals surface area (Å²) in [6, 6.07) is 4.23. The fourth-order valence-electron chi connectivity index (χ4n) is 1.61. The van der Waals surface area contributed by atoms with Crippen LogP contribution in [0.3, 0.4) is 0 Å². The van der Waals surface area contributed by atoms with E-state index >= 15 is 0 Å². The molecule has 0 unspecified atom stereocenters. The Morgan fingerprint density at radius 3 is 2.69 bits per heavy atom. The fourth-order valence-corrected chi connectivity index (χ4v) is 1.61. The summed E-state index contributed by atoms with van der Waals surface area (Å²) in [4.78, 5) is 0. The van der Waals surface area contributed by atoms with Crippen molar-refractivity contribution in [2.45, 2.75) is 31.9 Å². The number of phenolic OH excluding ortho intramolecular Hbond substituents is 1. The van der Waals surface area contributed by atoms with Gasteiger partial charge in [-0.15, -0.1) is 0 Å². The molecule has 0 heterocycles. The average molecular weight is 225 g/mol. The number of phenols is 1. The number of aromatic hydroxyl groups is 1. The van der Waals surface area contributed by atoms with Gasteiger partial charge in [-0.25, -0.2) is 0 Å². The highest BCUT2D eigenvalue weighted by molar-refractivity contribution is 5.41. The molecule has 4 nitrogen and oxygen atoms in total. The van der Waals surface area contributed by atoms with Crippen molar-refractivity contribution in [3.05, 3.63) is 23.8 Å². The summed E-state index contributed by atoms with van der Waals surface area (Å²) in [5.41, 5.74) is 6.40. The van der Waals surface area contributed by atoms with Crippen molar-refractivity contribution in [2.75, 3.05) is 7.11 Å². The van der Waals surface area contributed by atoms with E-state index in [0.717, 1.165) is 6.42 Å². The Morgan fingerprint density at radius 1 is 1.44 bits per heavy atom. The molecule has 0 bridgehead atoms. The normalized spacial score (nSPS) is 14.5. The minimum atomic E-state index is -0.650. The number of rotatable bonds is 5. The summed E-state index contributed by atoms with van der Waals surface area (Å²) in [5, 5.41) is 19.5. The Bertz CT molecular complexity index is 341. The van der Waals surface area contributed by atoms with Crippen LogP contribution in [0.1, 0.15) is 31.4 Å². The van der Waals surface area contributed by atoms with Gasteiger partial charge in [-0.2, -0.15) is 0 Å². The molecule has 0 aliphatic heterocycles. The molecule has 0 aliphatic rings. The van der Waals surface area contributed by atoms with E-state index in [9.17, 15) is 10.2 Å². The lowest BCUT2D eigenvalue weighted by atomic mass is 9.98. The fraction of sp³-hybridized carbons (Fsp3) is 0.500. The van der Waals surface area contributed by atoms with Gasteiger partial charge in [-0.3, -0.25) is 0 Å². The molecule has 2 atom stereocenters. The van der Waals surface area contributed by atoms with E-state index in [2.05, 4.69) is 0 Å². The Kier molecular flexibility index (Phi) is 4.58. The molecule has 0 spiro atoms. The Balaban J connectivity index is 2.92. The van der Waals surface area contributed by atoms with Gasteiger partial charge in [0.05, 0.1) is 19.3 Å². The van der Waals surface area contributed by atoms with E-state index in [4.69, 9.17) is 10.5 Å². The largest absolute Gasteiger partial charge is 0.508 e. The van der Waals surface area contributed by atoms with Crippen molar-refractivity contribution in [3.63, 3.8) is 0 Å². The lowest BCUT2D eigenvalue weighted by molar-refractivity contribution is 0.133. The maximum Gasteiger partial charge on any atom is 0.120 e. The van der Waals surface area contributed by atoms with Crippen LogP contribution in [0.25, 0.3) is 0 Å². The molecular formula is C12H19NO3. The molecule has 0 aromatic heterocycles. The highest BCUT2D eigenvalue weighted by Crippen LogP contribution is 2.29. The zero-order valence-electron chi connectivity index (χ0n) is 9.68. The van der Waals surface area contributed by atoms with E-state index in [1.54, 1.807) is 19.2 Å². The van der Waals surface area contributed by atoms with Crippen LogP contribution in [0.5, 0.6) is 11.5 Å². The molecule has 0 amide bonds. The number of ether oxygens (including phenoxy) is 1. The predicted molar refractivity (Wildman–Crippen MR) is 62.5 cm³/mol. The van der Waals surface area contributed by atoms with Crippen LogP contribution in [0.4, 0.5) is 0 Å². The molecule has 0 fully saturated rings. The number of hydrogen-bond acceptors (Lipinski definition) is 4. The van der Waals surface area contributed by atoms with Crippen LogP contribution in [-0.2, 0) is 0 Å². The highest BCUT2D eigenvalue weighted by atomic mass is 16.5. The van der Waals surface area contributed by atoms with Crippen molar-refractivity contribution < 1.29 is 14.9 Å². The second-order valence-electron chi connectivity index (χ2n) is 3.81. The summed E-state index contributed by atoms with van der Waals surface area (Å²) in [5.74, 6) is 0.704. The first kappa shape index (κ1) is 12.8. The van der Waals surface area contributed by atoms with Gasteiger partial charge < -0.3 is 20.7 Å². The van der Waals surface area contributed by atoms with Crippen LogP contribution in [0.15, 0.2) is 18.2 Å². The second-order valence-corrected chi connectivity index (χ2v) is 3.81. The number of hydrogen-bond donors (Lipinski definition) is 3. The molecule has 1 aromatic carbocycles. The van der Waals surface area contributed by atoms with Crippen LogP contribution in [-0.4, -0.2) is 23.4 Å². The third-order valence-corrected chi connectivity index (χ3v) is 2.59. The molecule has 0 radical (unpaired) electrons. The van der Waals surface area contributed by atoms with E-state index in [0.29, 0.717) is 17.7 Å². The van der Waals surface area contributed by atoms with Crippen molar-refractivity contribution >= 4 is 0 Å². The zero-order valence-corrected chi connectivity index (χ0v) is 9.68. The number of aliphatic hydroxyl groups excluding tert-OH is 1. The highest BCUT2D eigenvalue weighted by Gasteiger charge is 2.19. The number of aliphatic hydroxyl groups is 1. The van der Waals surface area contributed by atoms with Crippen LogP contribution < -0.4 is 10.5 Å². The molecule has 0 aliphatic carbocycles. The molecule has 16 heavy (non-hydrogen) atoms. The van der Waals surface area contributed by atoms with Gasteiger partial charge in [-0.1, -0.05) is 13.3 Å². The molecule has 0 saturated heterocycles. The Hall–Kier alpha value is -1.26. The van der Waals surface area contributed by atoms with Crippen molar-refractivity contribution in [1.82, 2.24) is 0 Å². The maximum absolute atomic E-state index is 9.78. The maximum atomic E-state index is 9.78. The summed E-state index contributed by atoms with van der Waals surface area (Å²) in [6.07, 6.45) is 0.806. The number of benzene rings is 1. The van der Waals surface area contributed by atoms with Gasteiger partial charge in [0.15, 0.2) is 0 Å². The molecule has 0 saturated carbocycles. The monoisotopic (exact) mass is 225 g/mol. The van der Waals surface area contributed by atoms with Gasteiger partial charge >= 0.3 is 0 Å². The Labute approximate surface area is 95.7 Å². The molecule has 1 rings (SSSR count). The quantitative estimate of drug-likeness (QED) is 0.711. The van der Waals surface area contributed by atoms with Gasteiger partial charge in [0.1, 0.15) is 11.5 Å². The van der Waals surface area contributed by atoms with Gasteiger partial charge in [0, 0.05) is 5.56 Å². The summed E-state index contributed by atoms with van der Waals surface area (Å²) in [6.45, 7) is 1.97. The molecule has 90 valence electrons. The Morgan fingerprint density at radius 2 is 2.12 bits per heavy atom. The zero-order chi connectivity index (χ0) is 12.1. The van der Waals surface area contributed by atoms with E-state index < -0.39 is 12.1 Å². The first-order valence-electron chi connectivity index (χ1n) is 5.40. The topological polar surface area (TPSA) is 75.7 Å². The molecule has 4 N–H and O–H groups in total.